The standard InChI is InChI=1S/C8H6O4.H3P.H2S/c9-7(10)5-2-1-3-6(4-5)8(11)12;;/h1-4H,(H,9,10)(H,11,12);1H3;1H2. The number of hydrogen-bond acceptors (Lipinski definition) is 4. The zero-order valence-electron chi connectivity index (χ0n) is 7.52. The molecule has 0 bridgehead atoms. The molecule has 0 aliphatic heterocycles. The molecule has 0 spiro atoms. The van der Waals surface area contributed by atoms with E-state index in [1.54, 1.807) is 0 Å². The molecular formula is C8H11O4PS. The zero-order valence-corrected chi connectivity index (χ0v) is 10.7. The largest absolute Gasteiger partial charge is 0.545 e. The van der Waals surface area contributed by atoms with Gasteiger partial charge in [-0.25, -0.2) is 0 Å². The average molecular weight is 234 g/mol. The van der Waals surface area contributed by atoms with Gasteiger partial charge in [0.05, 0.1) is 11.9 Å². The van der Waals surface area contributed by atoms with Crippen molar-refractivity contribution < 1.29 is 19.8 Å². The molecule has 0 saturated heterocycles. The summed E-state index contributed by atoms with van der Waals surface area (Å²) in [4.78, 5) is 20.5. The Morgan fingerprint density at radius 2 is 1.36 bits per heavy atom. The van der Waals surface area contributed by atoms with Crippen molar-refractivity contribution in [2.75, 3.05) is 0 Å². The van der Waals surface area contributed by atoms with E-state index in [-0.39, 0.29) is 34.5 Å². The topological polar surface area (TPSA) is 80.3 Å². The smallest absolute Gasteiger partial charge is 0.0715 e. The molecule has 1 aromatic carbocycles. The molecule has 4 nitrogen and oxygen atoms in total. The van der Waals surface area contributed by atoms with E-state index in [1.807, 2.05) is 0 Å². The van der Waals surface area contributed by atoms with E-state index in [0.717, 1.165) is 6.07 Å². The van der Waals surface area contributed by atoms with Crippen molar-refractivity contribution in [1.82, 2.24) is 0 Å². The van der Waals surface area contributed by atoms with Crippen LogP contribution in [0.2, 0.25) is 0 Å². The summed E-state index contributed by atoms with van der Waals surface area (Å²) in [6, 6.07) is 4.81. The van der Waals surface area contributed by atoms with E-state index in [0.29, 0.717) is 0 Å². The first-order valence-electron chi connectivity index (χ1n) is 3.14. The number of carboxylic acid groups (broad SMARTS) is 2. The van der Waals surface area contributed by atoms with Gasteiger partial charge in [-0.05, 0) is 27.1 Å². The van der Waals surface area contributed by atoms with Gasteiger partial charge in [0.15, 0.2) is 0 Å². The third kappa shape index (κ3) is 3.77. The predicted molar refractivity (Wildman–Crippen MR) is 59.2 cm³/mol. The van der Waals surface area contributed by atoms with Crippen molar-refractivity contribution in [3.63, 3.8) is 0 Å². The number of aromatic carboxylic acids is 2. The van der Waals surface area contributed by atoms with Gasteiger partial charge in [0, 0.05) is 0 Å². The molecular weight excluding hydrogens is 223 g/mol. The molecule has 78 valence electrons. The fourth-order valence-corrected chi connectivity index (χ4v) is 0.773. The van der Waals surface area contributed by atoms with Crippen LogP contribution in [0.15, 0.2) is 24.3 Å². The number of carbonyl (C=O) groups excluding carboxylic acids is 2. The highest BCUT2D eigenvalue weighted by Gasteiger charge is 1.96. The first kappa shape index (κ1) is 15.4. The second-order valence-electron chi connectivity index (χ2n) is 2.16. The zero-order chi connectivity index (χ0) is 9.14. The Morgan fingerprint density at radius 1 is 1.00 bits per heavy atom. The lowest BCUT2D eigenvalue weighted by atomic mass is 10.1. The van der Waals surface area contributed by atoms with Crippen LogP contribution in [-0.2, 0) is 13.5 Å². The van der Waals surface area contributed by atoms with E-state index in [4.69, 9.17) is 0 Å². The quantitative estimate of drug-likeness (QED) is 0.415. The number of carboxylic acids is 2. The SMILES string of the molecule is O=C([O-])c1cccc(C(=O)[O-])c1.[PH4+].[SH3+]. The molecule has 1 unspecified atom stereocenters. The van der Waals surface area contributed by atoms with Crippen LogP contribution in [0.4, 0.5) is 0 Å². The van der Waals surface area contributed by atoms with Crippen molar-refractivity contribution >= 4 is 35.3 Å². The summed E-state index contributed by atoms with van der Waals surface area (Å²) in [5.41, 5.74) is -0.339. The van der Waals surface area contributed by atoms with Crippen LogP contribution in [0.5, 0.6) is 0 Å². The van der Waals surface area contributed by atoms with Gasteiger partial charge >= 0.3 is 0 Å². The summed E-state index contributed by atoms with van der Waals surface area (Å²) in [5, 5.41) is 20.5. The van der Waals surface area contributed by atoms with Crippen molar-refractivity contribution in [1.29, 1.82) is 0 Å². The highest BCUT2D eigenvalue weighted by molar-refractivity contribution is 7.37. The normalized spacial score (nSPS) is 8.00. The predicted octanol–water partition coefficient (Wildman–Crippen LogP) is -2.60. The Hall–Kier alpha value is -1.06. The molecule has 0 saturated carbocycles. The summed E-state index contributed by atoms with van der Waals surface area (Å²) >= 11 is 0. The van der Waals surface area contributed by atoms with Gasteiger partial charge in [-0.2, -0.15) is 0 Å². The first-order valence-corrected chi connectivity index (χ1v) is 3.14. The van der Waals surface area contributed by atoms with E-state index in [2.05, 4.69) is 0 Å². The van der Waals surface area contributed by atoms with Crippen LogP contribution in [-0.4, -0.2) is 11.9 Å². The maximum absolute atomic E-state index is 10.3. The fourth-order valence-electron chi connectivity index (χ4n) is 0.773. The van der Waals surface area contributed by atoms with Crippen LogP contribution in [0.25, 0.3) is 0 Å². The van der Waals surface area contributed by atoms with Crippen molar-refractivity contribution in [3.05, 3.63) is 35.4 Å². The lowest BCUT2D eigenvalue weighted by molar-refractivity contribution is -0.255. The van der Waals surface area contributed by atoms with Crippen molar-refractivity contribution in [2.24, 2.45) is 0 Å². The minimum absolute atomic E-state index is 0. The summed E-state index contributed by atoms with van der Waals surface area (Å²) < 4.78 is 0. The Labute approximate surface area is 91.0 Å². The first-order chi connectivity index (χ1) is 5.61. The molecule has 0 heterocycles. The van der Waals surface area contributed by atoms with Gasteiger partial charge in [-0.15, -0.1) is 0 Å². The molecule has 0 amide bonds. The molecule has 0 N–H and O–H groups in total. The summed E-state index contributed by atoms with van der Waals surface area (Å²) in [7, 11) is 0. The Kier molecular flexibility index (Phi) is 7.05. The molecule has 0 aliphatic rings. The molecule has 0 radical (unpaired) electrons. The van der Waals surface area contributed by atoms with Gasteiger partial charge < -0.3 is 19.8 Å². The van der Waals surface area contributed by atoms with E-state index >= 15 is 0 Å². The monoisotopic (exact) mass is 234 g/mol. The molecule has 0 fully saturated rings. The van der Waals surface area contributed by atoms with Crippen LogP contribution in [0.1, 0.15) is 20.7 Å². The van der Waals surface area contributed by atoms with Gasteiger partial charge in [-0.1, -0.05) is 31.7 Å². The van der Waals surface area contributed by atoms with Crippen LogP contribution < -0.4 is 10.2 Å². The lowest BCUT2D eigenvalue weighted by Crippen LogP contribution is -2.25. The molecule has 6 heteroatoms. The van der Waals surface area contributed by atoms with Crippen LogP contribution in [0.3, 0.4) is 0 Å². The molecule has 0 aliphatic carbocycles. The number of rotatable bonds is 2. The van der Waals surface area contributed by atoms with Crippen LogP contribution >= 0.6 is 9.90 Å². The summed E-state index contributed by atoms with van der Waals surface area (Å²) in [5.74, 6) is -2.81. The number of carbonyl (C=O) groups is 2. The van der Waals surface area contributed by atoms with E-state index in [9.17, 15) is 19.8 Å². The maximum atomic E-state index is 10.3. The third-order valence-corrected chi connectivity index (χ3v) is 1.33. The van der Waals surface area contributed by atoms with E-state index in [1.165, 1.54) is 18.2 Å². The molecule has 0 aromatic heterocycles. The van der Waals surface area contributed by atoms with E-state index < -0.39 is 11.9 Å². The minimum Gasteiger partial charge on any atom is -0.545 e. The molecule has 14 heavy (non-hydrogen) atoms. The van der Waals surface area contributed by atoms with Crippen LogP contribution in [0, 0.1) is 0 Å². The van der Waals surface area contributed by atoms with Crippen molar-refractivity contribution in [3.8, 4) is 0 Å². The van der Waals surface area contributed by atoms with Gasteiger partial charge in [0.2, 0.25) is 0 Å². The van der Waals surface area contributed by atoms with Gasteiger partial charge in [0.25, 0.3) is 0 Å². The Balaban J connectivity index is 0. The summed E-state index contributed by atoms with van der Waals surface area (Å²) in [6.07, 6.45) is 0. The minimum atomic E-state index is -1.40. The summed E-state index contributed by atoms with van der Waals surface area (Å²) in [6.45, 7) is 0. The molecule has 1 rings (SSSR count). The highest BCUT2D eigenvalue weighted by atomic mass is 32.1. The lowest BCUT2D eigenvalue weighted by Gasteiger charge is -2.05. The average Bonchev–Trinajstić information content (AvgIpc) is 2.04. The van der Waals surface area contributed by atoms with Gasteiger partial charge in [0.1, 0.15) is 0 Å². The molecule has 1 atom stereocenters. The number of hydrogen-bond donors (Lipinski definition) is 0. The fraction of sp³-hybridized carbons (Fsp3) is 0. The second kappa shape index (κ2) is 6.40. The molecule has 1 aromatic rings. The van der Waals surface area contributed by atoms with Gasteiger partial charge in [-0.3, -0.25) is 0 Å². The maximum Gasteiger partial charge on any atom is 0.0715 e. The second-order valence-corrected chi connectivity index (χ2v) is 2.16. The van der Waals surface area contributed by atoms with Crippen molar-refractivity contribution in [2.45, 2.75) is 0 Å². The highest BCUT2D eigenvalue weighted by Crippen LogP contribution is 2.02. The Bertz CT molecular complexity index is 311. The third-order valence-electron chi connectivity index (χ3n) is 1.33. The number of benzene rings is 1. The Morgan fingerprint density at radius 3 is 1.64 bits per heavy atom.